The Morgan fingerprint density at radius 3 is 2.82 bits per heavy atom. The van der Waals surface area contributed by atoms with Crippen LogP contribution in [0.1, 0.15) is 33.1 Å². The van der Waals surface area contributed by atoms with Gasteiger partial charge < -0.3 is 20.5 Å². The van der Waals surface area contributed by atoms with Gasteiger partial charge in [-0.3, -0.25) is 0 Å². The quantitative estimate of drug-likeness (QED) is 0.727. The van der Waals surface area contributed by atoms with E-state index in [2.05, 4.69) is 11.8 Å². The molecule has 0 amide bonds. The van der Waals surface area contributed by atoms with Crippen LogP contribution in [0, 0.1) is 5.92 Å². The van der Waals surface area contributed by atoms with Crippen molar-refractivity contribution in [1.82, 2.24) is 4.90 Å². The van der Waals surface area contributed by atoms with Gasteiger partial charge in [0.25, 0.3) is 0 Å². The second-order valence-corrected chi connectivity index (χ2v) is 5.65. The highest BCUT2D eigenvalue weighted by molar-refractivity contribution is 4.79. The lowest BCUT2D eigenvalue weighted by Crippen LogP contribution is -2.44. The molecule has 0 aromatic rings. The van der Waals surface area contributed by atoms with Crippen molar-refractivity contribution in [1.29, 1.82) is 0 Å². The highest BCUT2D eigenvalue weighted by atomic mass is 16.5. The summed E-state index contributed by atoms with van der Waals surface area (Å²) in [5.74, 6) is 0.656. The topological polar surface area (TPSA) is 58.7 Å². The fraction of sp³-hybridized carbons (Fsp3) is 1.00. The summed E-state index contributed by atoms with van der Waals surface area (Å²) in [5.41, 5.74) is 4.80. The van der Waals surface area contributed by atoms with Crippen molar-refractivity contribution in [3.63, 3.8) is 0 Å². The third-order valence-electron chi connectivity index (χ3n) is 3.91. The third-order valence-corrected chi connectivity index (χ3v) is 3.91. The third kappa shape index (κ3) is 4.92. The highest BCUT2D eigenvalue weighted by Gasteiger charge is 2.26. The number of methoxy groups -OCH3 is 1. The Morgan fingerprint density at radius 1 is 1.53 bits per heavy atom. The number of aliphatic hydroxyl groups is 1. The minimum Gasteiger partial charge on any atom is -0.389 e. The summed E-state index contributed by atoms with van der Waals surface area (Å²) in [4.78, 5) is 2.43. The molecule has 1 fully saturated rings. The predicted molar refractivity (Wildman–Crippen MR) is 69.9 cm³/mol. The molecule has 4 nitrogen and oxygen atoms in total. The molecule has 4 heteroatoms. The molecule has 1 saturated heterocycles. The number of nitrogens with zero attached hydrogens (tertiary/aromatic N) is 1. The number of nitrogens with two attached hydrogens (primary N) is 1. The molecule has 0 aliphatic carbocycles. The van der Waals surface area contributed by atoms with Crippen LogP contribution in [-0.2, 0) is 4.74 Å². The predicted octanol–water partition coefficient (Wildman–Crippen LogP) is 0.833. The van der Waals surface area contributed by atoms with Gasteiger partial charge in [0, 0.05) is 20.2 Å². The number of hydrogen-bond acceptors (Lipinski definition) is 4. The van der Waals surface area contributed by atoms with E-state index in [1.165, 1.54) is 6.42 Å². The fourth-order valence-corrected chi connectivity index (χ4v) is 2.39. The number of piperidine rings is 1. The summed E-state index contributed by atoms with van der Waals surface area (Å²) in [6, 6.07) is 0. The van der Waals surface area contributed by atoms with E-state index in [1.54, 1.807) is 7.11 Å². The van der Waals surface area contributed by atoms with E-state index in [1.807, 2.05) is 6.92 Å². The van der Waals surface area contributed by atoms with Crippen LogP contribution < -0.4 is 5.73 Å². The largest absolute Gasteiger partial charge is 0.389 e. The van der Waals surface area contributed by atoms with Gasteiger partial charge >= 0.3 is 0 Å². The molecule has 1 heterocycles. The average Bonchev–Trinajstić information content (AvgIpc) is 2.31. The summed E-state index contributed by atoms with van der Waals surface area (Å²) in [7, 11) is 1.80. The molecule has 17 heavy (non-hydrogen) atoms. The lowest BCUT2D eigenvalue weighted by Gasteiger charge is -2.36. The molecule has 0 aromatic heterocycles. The van der Waals surface area contributed by atoms with Crippen LogP contribution in [-0.4, -0.2) is 55.0 Å². The first kappa shape index (κ1) is 14.9. The summed E-state index contributed by atoms with van der Waals surface area (Å²) in [5, 5.41) is 9.82. The maximum absolute atomic E-state index is 9.82. The summed E-state index contributed by atoms with van der Waals surface area (Å²) >= 11 is 0. The molecule has 0 radical (unpaired) electrons. The minimum atomic E-state index is -0.705. The van der Waals surface area contributed by atoms with E-state index in [0.29, 0.717) is 18.6 Å². The first-order valence-electron chi connectivity index (χ1n) is 6.66. The number of likely N-dealkylation sites (tertiary alicyclic amines) is 1. The lowest BCUT2D eigenvalue weighted by molar-refractivity contribution is -0.00825. The van der Waals surface area contributed by atoms with Crippen LogP contribution in [0.3, 0.4) is 0 Å². The number of ether oxygens (including phenoxy) is 1. The molecular weight excluding hydrogens is 216 g/mol. The van der Waals surface area contributed by atoms with Crippen LogP contribution >= 0.6 is 0 Å². The van der Waals surface area contributed by atoms with Crippen LogP contribution in [0.4, 0.5) is 0 Å². The van der Waals surface area contributed by atoms with Gasteiger partial charge in [-0.05, 0) is 45.2 Å². The molecule has 0 spiro atoms. The highest BCUT2D eigenvalue weighted by Crippen LogP contribution is 2.20. The Kier molecular flexibility index (Phi) is 5.86. The second kappa shape index (κ2) is 6.69. The molecule has 0 bridgehead atoms. The molecule has 0 aromatic carbocycles. The van der Waals surface area contributed by atoms with E-state index >= 15 is 0 Å². The van der Waals surface area contributed by atoms with E-state index < -0.39 is 5.60 Å². The van der Waals surface area contributed by atoms with Gasteiger partial charge in [0.15, 0.2) is 0 Å². The Labute approximate surface area is 105 Å². The Balaban J connectivity index is 2.24. The zero-order valence-corrected chi connectivity index (χ0v) is 11.5. The minimum absolute atomic E-state index is 0.338. The molecule has 3 atom stereocenters. The summed E-state index contributed by atoms with van der Waals surface area (Å²) in [6.45, 7) is 7.59. The first-order valence-corrected chi connectivity index (χ1v) is 6.66. The first-order chi connectivity index (χ1) is 7.98. The molecule has 3 unspecified atom stereocenters. The zero-order valence-electron chi connectivity index (χ0n) is 11.5. The van der Waals surface area contributed by atoms with Crippen molar-refractivity contribution in [3.8, 4) is 0 Å². The average molecular weight is 244 g/mol. The second-order valence-electron chi connectivity index (χ2n) is 5.65. The lowest BCUT2D eigenvalue weighted by atomic mass is 9.95. The van der Waals surface area contributed by atoms with Crippen LogP contribution in [0.15, 0.2) is 0 Å². The summed E-state index contributed by atoms with van der Waals surface area (Å²) < 4.78 is 5.49. The molecule has 102 valence electrons. The van der Waals surface area contributed by atoms with Gasteiger partial charge in [-0.1, -0.05) is 6.92 Å². The van der Waals surface area contributed by atoms with Crippen molar-refractivity contribution in [2.75, 3.05) is 33.3 Å². The Morgan fingerprint density at radius 2 is 2.24 bits per heavy atom. The SMILES string of the molecule is COC1CN(CCCC(C)(O)CN)CCC1C. The van der Waals surface area contributed by atoms with Gasteiger partial charge in [-0.25, -0.2) is 0 Å². The Bertz CT molecular complexity index is 221. The standard InChI is InChI=1S/C13H28N2O2/c1-11-5-8-15(9-12(11)17-3)7-4-6-13(2,16)10-14/h11-12,16H,4-10,14H2,1-3H3. The van der Waals surface area contributed by atoms with Crippen LogP contribution in [0.5, 0.6) is 0 Å². The molecule has 3 N–H and O–H groups in total. The van der Waals surface area contributed by atoms with Crippen LogP contribution in [0.2, 0.25) is 0 Å². The molecule has 1 aliphatic heterocycles. The van der Waals surface area contributed by atoms with E-state index in [0.717, 1.165) is 32.5 Å². The van der Waals surface area contributed by atoms with Gasteiger partial charge in [-0.15, -0.1) is 0 Å². The van der Waals surface area contributed by atoms with Crippen molar-refractivity contribution < 1.29 is 9.84 Å². The maximum Gasteiger partial charge on any atom is 0.0741 e. The van der Waals surface area contributed by atoms with Crippen molar-refractivity contribution in [2.45, 2.75) is 44.8 Å². The molecular formula is C13H28N2O2. The summed E-state index contributed by atoms with van der Waals surface area (Å²) in [6.07, 6.45) is 3.33. The fourth-order valence-electron chi connectivity index (χ4n) is 2.39. The molecule has 1 aliphatic rings. The van der Waals surface area contributed by atoms with Gasteiger partial charge in [0.05, 0.1) is 11.7 Å². The Hall–Kier alpha value is -0.160. The smallest absolute Gasteiger partial charge is 0.0741 e. The van der Waals surface area contributed by atoms with Crippen molar-refractivity contribution in [3.05, 3.63) is 0 Å². The number of rotatable bonds is 6. The van der Waals surface area contributed by atoms with Gasteiger partial charge in [0.1, 0.15) is 0 Å². The molecule has 0 saturated carbocycles. The van der Waals surface area contributed by atoms with E-state index in [9.17, 15) is 5.11 Å². The van der Waals surface area contributed by atoms with E-state index in [4.69, 9.17) is 10.5 Å². The number of hydrogen-bond donors (Lipinski definition) is 2. The molecule has 1 rings (SSSR count). The normalized spacial score (nSPS) is 30.2. The van der Waals surface area contributed by atoms with E-state index in [-0.39, 0.29) is 0 Å². The van der Waals surface area contributed by atoms with Gasteiger partial charge in [0.2, 0.25) is 0 Å². The zero-order chi connectivity index (χ0) is 12.9. The monoisotopic (exact) mass is 244 g/mol. The van der Waals surface area contributed by atoms with Gasteiger partial charge in [-0.2, -0.15) is 0 Å². The van der Waals surface area contributed by atoms with Crippen molar-refractivity contribution in [2.24, 2.45) is 11.7 Å². The van der Waals surface area contributed by atoms with Crippen LogP contribution in [0.25, 0.3) is 0 Å². The maximum atomic E-state index is 9.82. The van der Waals surface area contributed by atoms with Crippen molar-refractivity contribution >= 4 is 0 Å².